The predicted molar refractivity (Wildman–Crippen MR) is 104 cm³/mol. The molecule has 0 spiro atoms. The number of ether oxygens (including phenoxy) is 1. The summed E-state index contributed by atoms with van der Waals surface area (Å²) < 4.78 is 5.40. The maximum Gasteiger partial charge on any atom is 0.410 e. The van der Waals surface area contributed by atoms with Crippen molar-refractivity contribution in [2.75, 3.05) is 25.0 Å². The molecule has 1 aliphatic rings. The Bertz CT molecular complexity index is 605. The molecule has 0 unspecified atom stereocenters. The standard InChI is InChI=1S/C19H28ClN3O3/c1-19(2,3)26-18(25)23-12-9-14(10-13-23)8-11-21-17(24)22-16-6-4-15(20)5-7-16/h4-7,14H,8-13H2,1-3H3,(H2,21,22,24). The molecule has 0 aromatic heterocycles. The van der Waals surface area contributed by atoms with Gasteiger partial charge < -0.3 is 20.3 Å². The highest BCUT2D eigenvalue weighted by Crippen LogP contribution is 2.22. The molecule has 1 heterocycles. The highest BCUT2D eigenvalue weighted by Gasteiger charge is 2.26. The number of amides is 3. The number of halogens is 1. The molecule has 0 radical (unpaired) electrons. The summed E-state index contributed by atoms with van der Waals surface area (Å²) in [4.78, 5) is 25.7. The van der Waals surface area contributed by atoms with E-state index in [4.69, 9.17) is 16.3 Å². The van der Waals surface area contributed by atoms with Gasteiger partial charge in [-0.05, 0) is 70.2 Å². The number of likely N-dealkylation sites (tertiary alicyclic amines) is 1. The smallest absolute Gasteiger partial charge is 0.410 e. The van der Waals surface area contributed by atoms with Crippen molar-refractivity contribution in [3.63, 3.8) is 0 Å². The normalized spacial score (nSPS) is 15.5. The summed E-state index contributed by atoms with van der Waals surface area (Å²) in [7, 11) is 0. The first-order valence-corrected chi connectivity index (χ1v) is 9.39. The number of hydrogen-bond donors (Lipinski definition) is 2. The van der Waals surface area contributed by atoms with Crippen molar-refractivity contribution in [3.05, 3.63) is 29.3 Å². The van der Waals surface area contributed by atoms with Crippen LogP contribution in [-0.2, 0) is 4.74 Å². The molecule has 7 heteroatoms. The quantitative estimate of drug-likeness (QED) is 0.806. The molecule has 2 N–H and O–H groups in total. The second kappa shape index (κ2) is 9.12. The minimum absolute atomic E-state index is 0.224. The lowest BCUT2D eigenvalue weighted by Crippen LogP contribution is -2.42. The Kier molecular flexibility index (Phi) is 7.14. The minimum Gasteiger partial charge on any atom is -0.444 e. The molecule has 26 heavy (non-hydrogen) atoms. The average molecular weight is 382 g/mol. The first kappa shape index (κ1) is 20.4. The van der Waals surface area contributed by atoms with E-state index in [1.54, 1.807) is 29.2 Å². The zero-order chi connectivity index (χ0) is 19.2. The van der Waals surface area contributed by atoms with E-state index in [2.05, 4.69) is 10.6 Å². The average Bonchev–Trinajstić information content (AvgIpc) is 2.56. The first-order valence-electron chi connectivity index (χ1n) is 9.01. The molecule has 0 bridgehead atoms. The van der Waals surface area contributed by atoms with Gasteiger partial charge >= 0.3 is 12.1 Å². The van der Waals surface area contributed by atoms with Crippen LogP contribution in [0.15, 0.2) is 24.3 Å². The molecule has 1 aliphatic heterocycles. The van der Waals surface area contributed by atoms with Gasteiger partial charge in [0.2, 0.25) is 0 Å². The van der Waals surface area contributed by atoms with Crippen molar-refractivity contribution in [1.29, 1.82) is 0 Å². The van der Waals surface area contributed by atoms with E-state index in [0.29, 0.717) is 36.3 Å². The van der Waals surface area contributed by atoms with E-state index in [1.165, 1.54) is 0 Å². The molecule has 6 nitrogen and oxygen atoms in total. The van der Waals surface area contributed by atoms with Crippen molar-refractivity contribution >= 4 is 29.4 Å². The molecule has 0 saturated carbocycles. The summed E-state index contributed by atoms with van der Waals surface area (Å²) in [6.45, 7) is 7.64. The van der Waals surface area contributed by atoms with Crippen LogP contribution in [0.1, 0.15) is 40.0 Å². The van der Waals surface area contributed by atoms with Crippen LogP contribution in [0.4, 0.5) is 15.3 Å². The number of piperidine rings is 1. The Morgan fingerprint density at radius 2 is 1.81 bits per heavy atom. The molecule has 144 valence electrons. The van der Waals surface area contributed by atoms with Crippen molar-refractivity contribution in [2.45, 2.75) is 45.6 Å². The van der Waals surface area contributed by atoms with Gasteiger partial charge in [-0.2, -0.15) is 0 Å². The van der Waals surface area contributed by atoms with E-state index >= 15 is 0 Å². The second-order valence-electron chi connectivity index (χ2n) is 7.59. The Hall–Kier alpha value is -1.95. The van der Waals surface area contributed by atoms with E-state index in [9.17, 15) is 9.59 Å². The third kappa shape index (κ3) is 7.12. The van der Waals surface area contributed by atoms with Crippen LogP contribution >= 0.6 is 11.6 Å². The molecule has 0 atom stereocenters. The van der Waals surface area contributed by atoms with Crippen LogP contribution in [0.25, 0.3) is 0 Å². The van der Waals surface area contributed by atoms with Gasteiger partial charge in [-0.1, -0.05) is 11.6 Å². The molecule has 2 rings (SSSR count). The van der Waals surface area contributed by atoms with E-state index in [-0.39, 0.29) is 12.1 Å². The van der Waals surface area contributed by atoms with E-state index in [1.807, 2.05) is 20.8 Å². The SMILES string of the molecule is CC(C)(C)OC(=O)N1CCC(CCNC(=O)Nc2ccc(Cl)cc2)CC1. The highest BCUT2D eigenvalue weighted by atomic mass is 35.5. The monoisotopic (exact) mass is 381 g/mol. The maximum absolute atomic E-state index is 12.0. The van der Waals surface area contributed by atoms with Gasteiger partial charge in [0.15, 0.2) is 0 Å². The molecule has 0 aliphatic carbocycles. The third-order valence-electron chi connectivity index (χ3n) is 4.21. The second-order valence-corrected chi connectivity index (χ2v) is 8.02. The molecule has 1 aromatic carbocycles. The lowest BCUT2D eigenvalue weighted by molar-refractivity contribution is 0.0182. The molecule has 1 aromatic rings. The molecular weight excluding hydrogens is 354 g/mol. The Morgan fingerprint density at radius 1 is 1.19 bits per heavy atom. The van der Waals surface area contributed by atoms with Crippen molar-refractivity contribution < 1.29 is 14.3 Å². The fourth-order valence-electron chi connectivity index (χ4n) is 2.83. The Labute approximate surface area is 160 Å². The summed E-state index contributed by atoms with van der Waals surface area (Å²) in [5.74, 6) is 0.504. The van der Waals surface area contributed by atoms with Gasteiger partial charge in [0, 0.05) is 30.3 Å². The molecule has 1 fully saturated rings. The number of rotatable bonds is 4. The highest BCUT2D eigenvalue weighted by molar-refractivity contribution is 6.30. The van der Waals surface area contributed by atoms with Crippen LogP contribution in [0.5, 0.6) is 0 Å². The lowest BCUT2D eigenvalue weighted by atomic mass is 9.94. The first-order chi connectivity index (χ1) is 12.2. The molecule has 3 amide bonds. The maximum atomic E-state index is 12.0. The predicted octanol–water partition coefficient (Wildman–Crippen LogP) is 4.50. The Morgan fingerprint density at radius 3 is 2.38 bits per heavy atom. The van der Waals surface area contributed by atoms with Crippen molar-refractivity contribution in [1.82, 2.24) is 10.2 Å². The van der Waals surface area contributed by atoms with Gasteiger partial charge in [0.25, 0.3) is 0 Å². The topological polar surface area (TPSA) is 70.7 Å². The fraction of sp³-hybridized carbons (Fsp3) is 0.579. The summed E-state index contributed by atoms with van der Waals surface area (Å²) in [6.07, 6.45) is 2.52. The molecule has 1 saturated heterocycles. The summed E-state index contributed by atoms with van der Waals surface area (Å²) in [5, 5.41) is 6.28. The van der Waals surface area contributed by atoms with Gasteiger partial charge in [0.05, 0.1) is 0 Å². The lowest BCUT2D eigenvalue weighted by Gasteiger charge is -2.33. The zero-order valence-electron chi connectivity index (χ0n) is 15.7. The van der Waals surface area contributed by atoms with Crippen molar-refractivity contribution in [2.24, 2.45) is 5.92 Å². The summed E-state index contributed by atoms with van der Waals surface area (Å²) >= 11 is 5.82. The van der Waals surface area contributed by atoms with Gasteiger partial charge in [-0.25, -0.2) is 9.59 Å². The van der Waals surface area contributed by atoms with Crippen LogP contribution in [0, 0.1) is 5.92 Å². The van der Waals surface area contributed by atoms with Gasteiger partial charge in [-0.15, -0.1) is 0 Å². The largest absolute Gasteiger partial charge is 0.444 e. The number of anilines is 1. The number of nitrogens with one attached hydrogen (secondary N) is 2. The van der Waals surface area contributed by atoms with Crippen LogP contribution in [0.2, 0.25) is 5.02 Å². The minimum atomic E-state index is -0.463. The van der Waals surface area contributed by atoms with Crippen LogP contribution in [0.3, 0.4) is 0 Å². The van der Waals surface area contributed by atoms with Gasteiger partial charge in [0.1, 0.15) is 5.60 Å². The number of benzene rings is 1. The van der Waals surface area contributed by atoms with E-state index in [0.717, 1.165) is 19.3 Å². The van der Waals surface area contributed by atoms with Crippen LogP contribution < -0.4 is 10.6 Å². The van der Waals surface area contributed by atoms with E-state index < -0.39 is 5.60 Å². The molecular formula is C19H28ClN3O3. The van der Waals surface area contributed by atoms with Crippen LogP contribution in [-0.4, -0.2) is 42.3 Å². The van der Waals surface area contributed by atoms with Crippen molar-refractivity contribution in [3.8, 4) is 0 Å². The summed E-state index contributed by atoms with van der Waals surface area (Å²) in [6, 6.07) is 6.76. The number of carbonyl (C=O) groups is 2. The number of hydrogen-bond acceptors (Lipinski definition) is 3. The number of nitrogens with zero attached hydrogens (tertiary/aromatic N) is 1. The third-order valence-corrected chi connectivity index (χ3v) is 4.46. The number of urea groups is 1. The number of carbonyl (C=O) groups excluding carboxylic acids is 2. The van der Waals surface area contributed by atoms with Gasteiger partial charge in [-0.3, -0.25) is 0 Å². The summed E-state index contributed by atoms with van der Waals surface area (Å²) in [5.41, 5.74) is 0.243. The fourth-order valence-corrected chi connectivity index (χ4v) is 2.96. The zero-order valence-corrected chi connectivity index (χ0v) is 16.4. The Balaban J connectivity index is 1.63.